The zero-order chi connectivity index (χ0) is 35.4. The van der Waals surface area contributed by atoms with Crippen molar-refractivity contribution in [1.82, 2.24) is 0 Å². The number of hydrogen-bond donors (Lipinski definition) is 1. The van der Waals surface area contributed by atoms with Gasteiger partial charge in [-0.1, -0.05) is 127 Å². The normalized spacial score (nSPS) is 10.6. The molecule has 0 aromatic heterocycles. The number of carboxylic acid groups (broad SMARTS) is 1. The van der Waals surface area contributed by atoms with Gasteiger partial charge in [0.25, 0.3) is 0 Å². The molecule has 8 nitrogen and oxygen atoms in total. The number of carbonyl (C=O) groups is 3. The smallest absolute Gasteiger partial charge is 0.339 e. The Labute approximate surface area is 295 Å². The van der Waals surface area contributed by atoms with E-state index in [0.717, 1.165) is 22.3 Å². The molecule has 6 aromatic carbocycles. The maximum absolute atomic E-state index is 15.0. The second-order valence-corrected chi connectivity index (χ2v) is 11.5. The van der Waals surface area contributed by atoms with Crippen molar-refractivity contribution in [3.05, 3.63) is 196 Å². The molecule has 0 aliphatic rings. The summed E-state index contributed by atoms with van der Waals surface area (Å²) in [4.78, 5) is 41.1. The maximum atomic E-state index is 15.0. The van der Waals surface area contributed by atoms with Gasteiger partial charge in [0.1, 0.15) is 49.2 Å². The van der Waals surface area contributed by atoms with Crippen LogP contribution in [-0.4, -0.2) is 22.8 Å². The monoisotopic (exact) mass is 678 g/mol. The molecule has 0 bridgehead atoms. The van der Waals surface area contributed by atoms with Crippen LogP contribution < -0.4 is 14.2 Å². The van der Waals surface area contributed by atoms with Gasteiger partial charge >= 0.3 is 11.9 Å². The van der Waals surface area contributed by atoms with Gasteiger partial charge < -0.3 is 24.1 Å². The highest BCUT2D eigenvalue weighted by Crippen LogP contribution is 2.38. The number of rotatable bonds is 15. The molecule has 6 rings (SSSR count). The summed E-state index contributed by atoms with van der Waals surface area (Å²) in [6, 6.07) is 44.4. The predicted octanol–water partition coefficient (Wildman–Crippen LogP) is 8.71. The number of benzene rings is 6. The van der Waals surface area contributed by atoms with Crippen LogP contribution in [0.25, 0.3) is 0 Å². The first kappa shape index (κ1) is 34.2. The number of carbonyl (C=O) groups excluding carboxylic acids is 2. The Kier molecular flexibility index (Phi) is 11.2. The predicted molar refractivity (Wildman–Crippen MR) is 191 cm³/mol. The van der Waals surface area contributed by atoms with Gasteiger partial charge in [-0.05, 0) is 46.5 Å². The molecule has 6 aromatic rings. The van der Waals surface area contributed by atoms with Crippen molar-refractivity contribution < 1.29 is 38.4 Å². The fraction of sp³-hybridized carbons (Fsp3) is 0.0930. The lowest BCUT2D eigenvalue weighted by molar-refractivity contribution is 0.0469. The van der Waals surface area contributed by atoms with Crippen molar-refractivity contribution >= 4 is 17.7 Å². The summed E-state index contributed by atoms with van der Waals surface area (Å²) in [6.45, 7) is 0.143. The van der Waals surface area contributed by atoms with E-state index in [4.69, 9.17) is 18.9 Å². The molecule has 0 unspecified atom stereocenters. The van der Waals surface area contributed by atoms with E-state index in [2.05, 4.69) is 0 Å². The highest BCUT2D eigenvalue weighted by atomic mass is 16.5. The molecule has 1 N–H and O–H groups in total. The Morgan fingerprint density at radius 1 is 0.451 bits per heavy atom. The number of ether oxygens (including phenoxy) is 4. The topological polar surface area (TPSA) is 108 Å². The van der Waals surface area contributed by atoms with E-state index in [0.29, 0.717) is 0 Å². The average Bonchev–Trinajstić information content (AvgIpc) is 3.18. The molecule has 0 saturated carbocycles. The van der Waals surface area contributed by atoms with Crippen LogP contribution in [0.3, 0.4) is 0 Å². The molecule has 0 aliphatic carbocycles. The number of esters is 1. The standard InChI is InChI=1S/C43H34O8/c44-41(39-35(43(47)51-29-33-20-11-4-12-21-33)22-13-23-36(39)48-26-30-14-5-1-6-15-30)40-37(49-27-31-16-7-2-8-17-31)24-34(42(45)46)25-38(40)50-28-32-18-9-3-10-19-32/h1-25H,26-29H2,(H,45,46). The molecule has 0 radical (unpaired) electrons. The minimum atomic E-state index is -1.24. The van der Waals surface area contributed by atoms with Crippen LogP contribution >= 0.6 is 0 Å². The van der Waals surface area contributed by atoms with Crippen molar-refractivity contribution in [2.24, 2.45) is 0 Å². The van der Waals surface area contributed by atoms with Crippen LogP contribution in [-0.2, 0) is 31.2 Å². The van der Waals surface area contributed by atoms with Crippen LogP contribution in [0, 0.1) is 0 Å². The third-order valence-electron chi connectivity index (χ3n) is 7.94. The summed E-state index contributed by atoms with van der Waals surface area (Å²) in [5, 5.41) is 10.1. The Hall–Kier alpha value is -6.67. The summed E-state index contributed by atoms with van der Waals surface area (Å²) >= 11 is 0. The van der Waals surface area contributed by atoms with Crippen LogP contribution in [0.4, 0.5) is 0 Å². The fourth-order valence-electron chi connectivity index (χ4n) is 5.35. The lowest BCUT2D eigenvalue weighted by Gasteiger charge is -2.20. The minimum absolute atomic E-state index is 0.0212. The van der Waals surface area contributed by atoms with Gasteiger partial charge in [0.05, 0.1) is 16.7 Å². The second-order valence-electron chi connectivity index (χ2n) is 11.5. The average molecular weight is 679 g/mol. The number of aromatic carboxylic acids is 1. The van der Waals surface area contributed by atoms with Gasteiger partial charge in [0.2, 0.25) is 5.78 Å². The van der Waals surface area contributed by atoms with Crippen LogP contribution in [0.1, 0.15) is 58.9 Å². The van der Waals surface area contributed by atoms with E-state index >= 15 is 4.79 Å². The number of hydrogen-bond acceptors (Lipinski definition) is 7. The molecule has 8 heteroatoms. The Balaban J connectivity index is 1.46. The van der Waals surface area contributed by atoms with Crippen molar-refractivity contribution in [3.8, 4) is 17.2 Å². The second kappa shape index (κ2) is 16.6. The van der Waals surface area contributed by atoms with Gasteiger partial charge in [-0.2, -0.15) is 0 Å². The van der Waals surface area contributed by atoms with Gasteiger partial charge in [-0.15, -0.1) is 0 Å². The quantitative estimate of drug-likeness (QED) is 0.0849. The SMILES string of the molecule is O=C(O)c1cc(OCc2ccccc2)c(C(=O)c2c(OCc3ccccc3)cccc2C(=O)OCc2ccccc2)c(OCc2ccccc2)c1. The maximum Gasteiger partial charge on any atom is 0.339 e. The molecule has 0 amide bonds. The van der Waals surface area contributed by atoms with E-state index in [9.17, 15) is 14.7 Å². The van der Waals surface area contributed by atoms with Gasteiger partial charge in [-0.25, -0.2) is 9.59 Å². The Morgan fingerprint density at radius 2 is 0.863 bits per heavy atom. The molecule has 0 heterocycles. The minimum Gasteiger partial charge on any atom is -0.488 e. The molecule has 254 valence electrons. The molecule has 0 fully saturated rings. The van der Waals surface area contributed by atoms with Crippen LogP contribution in [0.15, 0.2) is 152 Å². The van der Waals surface area contributed by atoms with Crippen molar-refractivity contribution in [3.63, 3.8) is 0 Å². The van der Waals surface area contributed by atoms with Crippen LogP contribution in [0.5, 0.6) is 17.2 Å². The molecule has 0 atom stereocenters. The zero-order valence-electron chi connectivity index (χ0n) is 27.6. The third kappa shape index (κ3) is 8.87. The molecule has 51 heavy (non-hydrogen) atoms. The lowest BCUT2D eigenvalue weighted by atomic mass is 9.94. The van der Waals surface area contributed by atoms with E-state index in [1.807, 2.05) is 121 Å². The Bertz CT molecular complexity index is 2030. The van der Waals surface area contributed by atoms with Crippen molar-refractivity contribution in [2.45, 2.75) is 26.4 Å². The third-order valence-corrected chi connectivity index (χ3v) is 7.94. The first-order chi connectivity index (χ1) is 25.0. The largest absolute Gasteiger partial charge is 0.488 e. The molecular formula is C43H34O8. The molecule has 0 saturated heterocycles. The number of ketones is 1. The summed E-state index contributed by atoms with van der Waals surface area (Å²) in [6.07, 6.45) is 0. The van der Waals surface area contributed by atoms with Crippen molar-refractivity contribution in [2.75, 3.05) is 0 Å². The van der Waals surface area contributed by atoms with E-state index in [-0.39, 0.29) is 65.9 Å². The van der Waals surface area contributed by atoms with Gasteiger partial charge in [0, 0.05) is 0 Å². The zero-order valence-corrected chi connectivity index (χ0v) is 27.6. The first-order valence-corrected chi connectivity index (χ1v) is 16.3. The molecule has 0 spiro atoms. The van der Waals surface area contributed by atoms with Gasteiger partial charge in [0.15, 0.2) is 0 Å². The van der Waals surface area contributed by atoms with E-state index in [1.165, 1.54) is 18.2 Å². The first-order valence-electron chi connectivity index (χ1n) is 16.3. The summed E-state index contributed by atoms with van der Waals surface area (Å²) < 4.78 is 24.3. The number of carboxylic acids is 1. The highest BCUT2D eigenvalue weighted by Gasteiger charge is 2.30. The fourth-order valence-corrected chi connectivity index (χ4v) is 5.35. The van der Waals surface area contributed by atoms with Gasteiger partial charge in [-0.3, -0.25) is 4.79 Å². The van der Waals surface area contributed by atoms with E-state index < -0.39 is 17.7 Å². The summed E-state index contributed by atoms with van der Waals surface area (Å²) in [5.41, 5.74) is 2.87. The summed E-state index contributed by atoms with van der Waals surface area (Å²) in [7, 11) is 0. The molecular weight excluding hydrogens is 644 g/mol. The van der Waals surface area contributed by atoms with Crippen LogP contribution in [0.2, 0.25) is 0 Å². The Morgan fingerprint density at radius 3 is 1.29 bits per heavy atom. The van der Waals surface area contributed by atoms with Crippen molar-refractivity contribution in [1.29, 1.82) is 0 Å². The summed E-state index contributed by atoms with van der Waals surface area (Å²) in [5.74, 6) is -2.59. The molecule has 0 aliphatic heterocycles. The lowest BCUT2D eigenvalue weighted by Crippen LogP contribution is -2.17. The highest BCUT2D eigenvalue weighted by molar-refractivity contribution is 6.19. The van der Waals surface area contributed by atoms with E-state index in [1.54, 1.807) is 12.1 Å².